The molecular formula is C15H21NO4. The molecule has 0 saturated carbocycles. The molecule has 0 aromatic heterocycles. The van der Waals surface area contributed by atoms with Gasteiger partial charge in [0.05, 0.1) is 0 Å². The minimum atomic E-state index is -1.07. The molecule has 0 spiro atoms. The number of hydrogen-bond donors (Lipinski definition) is 1. The van der Waals surface area contributed by atoms with Crippen molar-refractivity contribution in [3.63, 3.8) is 0 Å². The summed E-state index contributed by atoms with van der Waals surface area (Å²) in [4.78, 5) is 24.9. The summed E-state index contributed by atoms with van der Waals surface area (Å²) in [6.45, 7) is 7.57. The molecule has 5 heteroatoms. The highest BCUT2D eigenvalue weighted by Crippen LogP contribution is 2.18. The van der Waals surface area contributed by atoms with Gasteiger partial charge < -0.3 is 14.7 Å². The number of amides is 1. The molecule has 0 aliphatic carbocycles. The van der Waals surface area contributed by atoms with Gasteiger partial charge in [-0.2, -0.15) is 0 Å². The quantitative estimate of drug-likeness (QED) is 0.868. The highest BCUT2D eigenvalue weighted by molar-refractivity contribution is 5.91. The fourth-order valence-corrected chi connectivity index (χ4v) is 2.16. The summed E-state index contributed by atoms with van der Waals surface area (Å²) in [7, 11) is 0. The van der Waals surface area contributed by atoms with Crippen molar-refractivity contribution in [3.05, 3.63) is 29.8 Å². The van der Waals surface area contributed by atoms with Gasteiger partial charge in [-0.05, 0) is 39.8 Å². The van der Waals surface area contributed by atoms with Crippen LogP contribution in [-0.4, -0.2) is 40.6 Å². The van der Waals surface area contributed by atoms with Gasteiger partial charge in [0, 0.05) is 12.1 Å². The van der Waals surface area contributed by atoms with E-state index in [0.29, 0.717) is 0 Å². The molecule has 1 rings (SSSR count). The topological polar surface area (TPSA) is 66.8 Å². The van der Waals surface area contributed by atoms with E-state index in [0.717, 1.165) is 0 Å². The van der Waals surface area contributed by atoms with Gasteiger partial charge in [-0.15, -0.1) is 0 Å². The molecule has 1 amide bonds. The van der Waals surface area contributed by atoms with E-state index in [1.807, 2.05) is 27.7 Å². The smallest absolute Gasteiger partial charge is 0.339 e. The Morgan fingerprint density at radius 2 is 1.70 bits per heavy atom. The number of hydrogen-bond acceptors (Lipinski definition) is 3. The Hall–Kier alpha value is -2.04. The van der Waals surface area contributed by atoms with Crippen LogP contribution in [-0.2, 0) is 4.79 Å². The highest BCUT2D eigenvalue weighted by Gasteiger charge is 2.21. The Balaban J connectivity index is 2.77. The zero-order valence-electron chi connectivity index (χ0n) is 12.3. The van der Waals surface area contributed by atoms with Crippen LogP contribution in [0.25, 0.3) is 0 Å². The molecular weight excluding hydrogens is 258 g/mol. The molecule has 0 bridgehead atoms. The average molecular weight is 279 g/mol. The number of carboxylic acids is 1. The minimum Gasteiger partial charge on any atom is -0.483 e. The molecule has 0 unspecified atom stereocenters. The van der Waals surface area contributed by atoms with E-state index in [1.54, 1.807) is 23.1 Å². The largest absolute Gasteiger partial charge is 0.483 e. The van der Waals surface area contributed by atoms with Crippen molar-refractivity contribution in [2.45, 2.75) is 39.8 Å². The Morgan fingerprint density at radius 1 is 1.15 bits per heavy atom. The lowest BCUT2D eigenvalue weighted by atomic mass is 10.2. The molecule has 0 radical (unpaired) electrons. The number of aromatic carboxylic acids is 1. The first-order valence-electron chi connectivity index (χ1n) is 6.60. The third-order valence-corrected chi connectivity index (χ3v) is 2.87. The van der Waals surface area contributed by atoms with Crippen LogP contribution in [0, 0.1) is 0 Å². The van der Waals surface area contributed by atoms with Gasteiger partial charge in [0.25, 0.3) is 5.91 Å². The number of para-hydroxylation sites is 1. The molecule has 0 fully saturated rings. The van der Waals surface area contributed by atoms with Crippen molar-refractivity contribution in [2.24, 2.45) is 0 Å². The molecule has 5 nitrogen and oxygen atoms in total. The van der Waals surface area contributed by atoms with Crippen LogP contribution in [0.3, 0.4) is 0 Å². The third kappa shape index (κ3) is 3.98. The maximum absolute atomic E-state index is 12.1. The lowest BCUT2D eigenvalue weighted by molar-refractivity contribution is -0.137. The number of nitrogens with zero attached hydrogens (tertiary/aromatic N) is 1. The van der Waals surface area contributed by atoms with Crippen molar-refractivity contribution < 1.29 is 19.4 Å². The molecule has 0 aliphatic heterocycles. The Bertz CT molecular complexity index is 475. The molecule has 20 heavy (non-hydrogen) atoms. The van der Waals surface area contributed by atoms with Crippen molar-refractivity contribution in [1.82, 2.24) is 4.90 Å². The van der Waals surface area contributed by atoms with Gasteiger partial charge in [0.15, 0.2) is 6.61 Å². The number of carboxylic acid groups (broad SMARTS) is 1. The summed E-state index contributed by atoms with van der Waals surface area (Å²) in [5.41, 5.74) is 0.0564. The van der Waals surface area contributed by atoms with Crippen LogP contribution in [0.5, 0.6) is 5.75 Å². The van der Waals surface area contributed by atoms with Crippen molar-refractivity contribution in [3.8, 4) is 5.75 Å². The Kier molecular flexibility index (Phi) is 5.55. The van der Waals surface area contributed by atoms with Crippen LogP contribution < -0.4 is 4.74 Å². The Labute approximate surface area is 119 Å². The summed E-state index contributed by atoms with van der Waals surface area (Å²) in [5.74, 6) is -1.02. The van der Waals surface area contributed by atoms with E-state index >= 15 is 0 Å². The number of carbonyl (C=O) groups excluding carboxylic acids is 1. The second-order valence-electron chi connectivity index (χ2n) is 5.08. The predicted molar refractivity (Wildman–Crippen MR) is 76.0 cm³/mol. The molecule has 1 N–H and O–H groups in total. The third-order valence-electron chi connectivity index (χ3n) is 2.87. The number of rotatable bonds is 6. The lowest BCUT2D eigenvalue weighted by Crippen LogP contribution is -2.44. The van der Waals surface area contributed by atoms with Crippen LogP contribution in [0.2, 0.25) is 0 Å². The van der Waals surface area contributed by atoms with E-state index in [2.05, 4.69) is 0 Å². The SMILES string of the molecule is CC(C)N(C(=O)COc1ccccc1C(=O)O)C(C)C. The summed E-state index contributed by atoms with van der Waals surface area (Å²) in [6.07, 6.45) is 0. The van der Waals surface area contributed by atoms with Crippen molar-refractivity contribution in [1.29, 1.82) is 0 Å². The number of benzene rings is 1. The summed E-state index contributed by atoms with van der Waals surface area (Å²) < 4.78 is 5.37. The maximum atomic E-state index is 12.1. The van der Waals surface area contributed by atoms with Gasteiger partial charge in [0.2, 0.25) is 0 Å². The van der Waals surface area contributed by atoms with E-state index in [1.165, 1.54) is 6.07 Å². The first kappa shape index (κ1) is 16.0. The highest BCUT2D eigenvalue weighted by atomic mass is 16.5. The van der Waals surface area contributed by atoms with E-state index in [9.17, 15) is 9.59 Å². The second-order valence-corrected chi connectivity index (χ2v) is 5.08. The maximum Gasteiger partial charge on any atom is 0.339 e. The van der Waals surface area contributed by atoms with Gasteiger partial charge in [-0.1, -0.05) is 12.1 Å². The fourth-order valence-electron chi connectivity index (χ4n) is 2.16. The second kappa shape index (κ2) is 6.93. The Morgan fingerprint density at radius 3 is 2.20 bits per heavy atom. The number of ether oxygens (including phenoxy) is 1. The predicted octanol–water partition coefficient (Wildman–Crippen LogP) is 2.41. The number of carbonyl (C=O) groups is 2. The fraction of sp³-hybridized carbons (Fsp3) is 0.467. The van der Waals surface area contributed by atoms with Crippen LogP contribution >= 0.6 is 0 Å². The van der Waals surface area contributed by atoms with Gasteiger partial charge in [-0.3, -0.25) is 4.79 Å². The zero-order chi connectivity index (χ0) is 15.3. The van der Waals surface area contributed by atoms with E-state index < -0.39 is 5.97 Å². The standard InChI is InChI=1S/C15H21NO4/c1-10(2)16(11(3)4)14(17)9-20-13-8-6-5-7-12(13)15(18)19/h5-8,10-11H,9H2,1-4H3,(H,18,19). The first-order chi connectivity index (χ1) is 9.34. The van der Waals surface area contributed by atoms with Crippen LogP contribution in [0.4, 0.5) is 0 Å². The van der Waals surface area contributed by atoms with Crippen molar-refractivity contribution >= 4 is 11.9 Å². The first-order valence-corrected chi connectivity index (χ1v) is 6.60. The molecule has 0 aliphatic rings. The normalized spacial score (nSPS) is 10.7. The summed E-state index contributed by atoms with van der Waals surface area (Å²) >= 11 is 0. The lowest BCUT2D eigenvalue weighted by Gasteiger charge is -2.30. The minimum absolute atomic E-state index is 0.0564. The molecule has 110 valence electrons. The molecule has 0 atom stereocenters. The molecule has 0 saturated heterocycles. The molecule has 0 heterocycles. The molecule has 1 aromatic carbocycles. The monoisotopic (exact) mass is 279 g/mol. The van der Waals surface area contributed by atoms with Gasteiger partial charge in [-0.25, -0.2) is 4.79 Å². The van der Waals surface area contributed by atoms with E-state index in [4.69, 9.17) is 9.84 Å². The molecule has 1 aromatic rings. The summed E-state index contributed by atoms with van der Waals surface area (Å²) in [6, 6.07) is 6.43. The van der Waals surface area contributed by atoms with Gasteiger partial charge in [0.1, 0.15) is 11.3 Å². The van der Waals surface area contributed by atoms with Gasteiger partial charge >= 0.3 is 5.97 Å². The van der Waals surface area contributed by atoms with Crippen molar-refractivity contribution in [2.75, 3.05) is 6.61 Å². The summed E-state index contributed by atoms with van der Waals surface area (Å²) in [5, 5.41) is 9.04. The van der Waals surface area contributed by atoms with Crippen LogP contribution in [0.15, 0.2) is 24.3 Å². The average Bonchev–Trinajstić information content (AvgIpc) is 2.35. The zero-order valence-corrected chi connectivity index (χ0v) is 12.3. The van der Waals surface area contributed by atoms with Crippen LogP contribution in [0.1, 0.15) is 38.1 Å². The van der Waals surface area contributed by atoms with E-state index in [-0.39, 0.29) is 35.9 Å².